The van der Waals surface area contributed by atoms with Gasteiger partial charge < -0.3 is 9.57 Å². The lowest BCUT2D eigenvalue weighted by molar-refractivity contribution is -0.135. The number of Topliss-reactive ketones (excluding diaryl/α,β-unsaturated/α-hetero) is 1. The van der Waals surface area contributed by atoms with Gasteiger partial charge in [-0.1, -0.05) is 5.16 Å². The van der Waals surface area contributed by atoms with Gasteiger partial charge in [-0.15, -0.1) is 23.2 Å². The van der Waals surface area contributed by atoms with E-state index in [1.165, 1.54) is 0 Å². The topological polar surface area (TPSA) is 65.0 Å². The van der Waals surface area contributed by atoms with Crippen molar-refractivity contribution in [1.29, 1.82) is 0 Å². The molecule has 5 nitrogen and oxygen atoms in total. The van der Waals surface area contributed by atoms with Crippen LogP contribution >= 0.6 is 23.2 Å². The van der Waals surface area contributed by atoms with Crippen molar-refractivity contribution in [2.45, 2.75) is 6.92 Å². The number of alkyl halides is 2. The Bertz CT molecular complexity index is 255. The summed E-state index contributed by atoms with van der Waals surface area (Å²) >= 11 is 10.6. The molecule has 0 amide bonds. The molecule has 0 saturated heterocycles. The van der Waals surface area contributed by atoms with Crippen LogP contribution in [0.2, 0.25) is 0 Å². The van der Waals surface area contributed by atoms with Gasteiger partial charge in [0.25, 0.3) is 0 Å². The maximum absolute atomic E-state index is 11.2. The Labute approximate surface area is 97.3 Å². The Morgan fingerprint density at radius 2 is 2.00 bits per heavy atom. The molecule has 0 radical (unpaired) electrons. The Hall–Kier alpha value is -0.810. The van der Waals surface area contributed by atoms with Gasteiger partial charge >= 0.3 is 5.97 Å². The Kier molecular flexibility index (Phi) is 8.04. The summed E-state index contributed by atoms with van der Waals surface area (Å²) in [7, 11) is 0. The minimum Gasteiger partial charge on any atom is -0.461 e. The standard InChI is InChI=1S/C8H11Cl2NO4/c1-2-14-8(13)7(6(12)5-10)11-15-4-3-9/h2-5H2,1H3/b11-7-. The molecule has 0 aliphatic carbocycles. The zero-order valence-corrected chi connectivity index (χ0v) is 9.68. The summed E-state index contributed by atoms with van der Waals surface area (Å²) in [4.78, 5) is 26.9. The molecule has 0 spiro atoms. The fourth-order valence-corrected chi connectivity index (χ4v) is 0.805. The van der Waals surface area contributed by atoms with Crippen molar-refractivity contribution in [3.8, 4) is 0 Å². The summed E-state index contributed by atoms with van der Waals surface area (Å²) in [5, 5.41) is 3.33. The van der Waals surface area contributed by atoms with Crippen LogP contribution in [0, 0.1) is 0 Å². The van der Waals surface area contributed by atoms with E-state index in [1.807, 2.05) is 0 Å². The van der Waals surface area contributed by atoms with E-state index in [9.17, 15) is 9.59 Å². The summed E-state index contributed by atoms with van der Waals surface area (Å²) in [6.45, 7) is 1.85. The van der Waals surface area contributed by atoms with Crippen molar-refractivity contribution in [3.05, 3.63) is 0 Å². The molecule has 0 fully saturated rings. The average molecular weight is 256 g/mol. The second kappa shape index (κ2) is 8.49. The van der Waals surface area contributed by atoms with Gasteiger partial charge in [-0.2, -0.15) is 0 Å². The molecule has 0 heterocycles. The Morgan fingerprint density at radius 1 is 1.33 bits per heavy atom. The number of nitrogens with zero attached hydrogens (tertiary/aromatic N) is 1. The molecule has 0 aliphatic heterocycles. The molecule has 0 aromatic rings. The number of rotatable bonds is 7. The zero-order chi connectivity index (χ0) is 11.7. The second-order valence-corrected chi connectivity index (χ2v) is 2.88. The molecule has 0 bridgehead atoms. The van der Waals surface area contributed by atoms with Gasteiger partial charge in [0.2, 0.25) is 11.5 Å². The molecule has 15 heavy (non-hydrogen) atoms. The van der Waals surface area contributed by atoms with Gasteiger partial charge in [-0.25, -0.2) is 4.79 Å². The van der Waals surface area contributed by atoms with Crippen molar-refractivity contribution < 1.29 is 19.2 Å². The van der Waals surface area contributed by atoms with Gasteiger partial charge in [0, 0.05) is 0 Å². The number of hydrogen-bond acceptors (Lipinski definition) is 5. The van der Waals surface area contributed by atoms with E-state index in [-0.39, 0.29) is 25.0 Å². The van der Waals surface area contributed by atoms with E-state index in [0.717, 1.165) is 0 Å². The molecule has 86 valence electrons. The van der Waals surface area contributed by atoms with Crippen LogP contribution in [-0.4, -0.2) is 42.4 Å². The molecule has 0 aliphatic rings. The number of ketones is 1. The molecule has 0 saturated carbocycles. The zero-order valence-electron chi connectivity index (χ0n) is 8.16. The normalized spacial score (nSPS) is 11.0. The van der Waals surface area contributed by atoms with Crippen molar-refractivity contribution in [2.75, 3.05) is 25.0 Å². The number of ether oxygens (including phenoxy) is 1. The molecule has 0 aromatic carbocycles. The van der Waals surface area contributed by atoms with E-state index in [0.29, 0.717) is 0 Å². The monoisotopic (exact) mass is 255 g/mol. The molecule has 0 rings (SSSR count). The lowest BCUT2D eigenvalue weighted by Crippen LogP contribution is -2.27. The first-order valence-electron chi connectivity index (χ1n) is 4.19. The first-order valence-corrected chi connectivity index (χ1v) is 5.26. The highest BCUT2D eigenvalue weighted by molar-refractivity contribution is 6.67. The molecule has 0 aromatic heterocycles. The maximum Gasteiger partial charge on any atom is 0.364 e. The minimum absolute atomic E-state index is 0.0972. The van der Waals surface area contributed by atoms with Crippen molar-refractivity contribution in [1.82, 2.24) is 0 Å². The minimum atomic E-state index is -0.849. The van der Waals surface area contributed by atoms with Crippen LogP contribution in [0.4, 0.5) is 0 Å². The van der Waals surface area contributed by atoms with E-state index >= 15 is 0 Å². The number of carbonyl (C=O) groups excluding carboxylic acids is 2. The third kappa shape index (κ3) is 5.59. The number of hydrogen-bond donors (Lipinski definition) is 0. The maximum atomic E-state index is 11.2. The predicted molar refractivity (Wildman–Crippen MR) is 56.5 cm³/mol. The van der Waals surface area contributed by atoms with Crippen LogP contribution < -0.4 is 0 Å². The van der Waals surface area contributed by atoms with Crippen LogP contribution in [-0.2, 0) is 19.2 Å². The number of halogens is 2. The number of esters is 1. The van der Waals surface area contributed by atoms with Gasteiger partial charge in [0.15, 0.2) is 0 Å². The van der Waals surface area contributed by atoms with Crippen LogP contribution in [0.15, 0.2) is 5.16 Å². The Morgan fingerprint density at radius 3 is 2.47 bits per heavy atom. The van der Waals surface area contributed by atoms with Crippen LogP contribution in [0.25, 0.3) is 0 Å². The van der Waals surface area contributed by atoms with Crippen molar-refractivity contribution in [3.63, 3.8) is 0 Å². The number of oxime groups is 1. The lowest BCUT2D eigenvalue weighted by Gasteiger charge is -2.02. The fraction of sp³-hybridized carbons (Fsp3) is 0.625. The molecule has 7 heteroatoms. The summed E-state index contributed by atoms with van der Waals surface area (Å²) in [5.74, 6) is -1.65. The Balaban J connectivity index is 4.49. The second-order valence-electron chi connectivity index (χ2n) is 2.24. The largest absolute Gasteiger partial charge is 0.461 e. The summed E-state index contributed by atoms with van der Waals surface area (Å²) in [5.41, 5.74) is -0.447. The number of carbonyl (C=O) groups is 2. The first-order chi connectivity index (χ1) is 7.17. The highest BCUT2D eigenvalue weighted by atomic mass is 35.5. The van der Waals surface area contributed by atoms with E-state index in [1.54, 1.807) is 6.92 Å². The third-order valence-corrected chi connectivity index (χ3v) is 1.58. The predicted octanol–water partition coefficient (Wildman–Crippen LogP) is 0.969. The van der Waals surface area contributed by atoms with Crippen LogP contribution in [0.3, 0.4) is 0 Å². The smallest absolute Gasteiger partial charge is 0.364 e. The van der Waals surface area contributed by atoms with E-state index in [2.05, 4.69) is 14.7 Å². The molecule has 0 N–H and O–H groups in total. The van der Waals surface area contributed by atoms with Crippen molar-refractivity contribution in [2.24, 2.45) is 5.16 Å². The quantitative estimate of drug-likeness (QED) is 0.170. The van der Waals surface area contributed by atoms with Crippen LogP contribution in [0.1, 0.15) is 6.92 Å². The third-order valence-electron chi connectivity index (χ3n) is 1.18. The van der Waals surface area contributed by atoms with Gasteiger partial charge in [0.05, 0.1) is 18.4 Å². The molecule has 0 unspecified atom stereocenters. The highest BCUT2D eigenvalue weighted by Gasteiger charge is 2.21. The lowest BCUT2D eigenvalue weighted by atomic mass is 10.3. The highest BCUT2D eigenvalue weighted by Crippen LogP contribution is 1.93. The van der Waals surface area contributed by atoms with E-state index < -0.39 is 17.5 Å². The van der Waals surface area contributed by atoms with Gasteiger partial charge in [0.1, 0.15) is 6.61 Å². The summed E-state index contributed by atoms with van der Waals surface area (Å²) in [6.07, 6.45) is 0. The first kappa shape index (κ1) is 14.2. The summed E-state index contributed by atoms with van der Waals surface area (Å²) < 4.78 is 4.60. The van der Waals surface area contributed by atoms with E-state index in [4.69, 9.17) is 23.2 Å². The van der Waals surface area contributed by atoms with Crippen molar-refractivity contribution >= 4 is 40.7 Å². The molecular formula is C8H11Cl2NO4. The SMILES string of the molecule is CCOC(=O)/C(=N\OCCCl)C(=O)CCl. The van der Waals surface area contributed by atoms with Gasteiger partial charge in [-0.3, -0.25) is 4.79 Å². The summed E-state index contributed by atoms with van der Waals surface area (Å²) in [6, 6.07) is 0. The fourth-order valence-electron chi connectivity index (χ4n) is 0.609. The molecular weight excluding hydrogens is 245 g/mol. The average Bonchev–Trinajstić information content (AvgIpc) is 2.23. The molecule has 0 atom stereocenters. The van der Waals surface area contributed by atoms with Gasteiger partial charge in [-0.05, 0) is 6.92 Å². The van der Waals surface area contributed by atoms with Crippen LogP contribution in [0.5, 0.6) is 0 Å².